The second-order valence-corrected chi connectivity index (χ2v) is 13.0. The van der Waals surface area contributed by atoms with Crippen LogP contribution in [0.4, 0.5) is 4.79 Å². The Bertz CT molecular complexity index is 1440. The zero-order chi connectivity index (χ0) is 35.3. The van der Waals surface area contributed by atoms with Crippen LogP contribution in [0.3, 0.4) is 0 Å². The van der Waals surface area contributed by atoms with Crippen molar-refractivity contribution in [3.8, 4) is 0 Å². The first kappa shape index (κ1) is 37.5. The minimum absolute atomic E-state index is 0.0133. The molecule has 11 nitrogen and oxygen atoms in total. The van der Waals surface area contributed by atoms with E-state index in [9.17, 15) is 24.0 Å². The fourth-order valence-corrected chi connectivity index (χ4v) is 5.23. The number of carbonyl (C=O) groups is 5. The summed E-state index contributed by atoms with van der Waals surface area (Å²) in [5.74, 6) is -3.12. The number of carbonyl (C=O) groups excluding carboxylic acids is 5. The van der Waals surface area contributed by atoms with E-state index >= 15 is 0 Å². The summed E-state index contributed by atoms with van der Waals surface area (Å²) in [5, 5.41) is 8.19. The van der Waals surface area contributed by atoms with Gasteiger partial charge in [0.05, 0.1) is 0 Å². The number of rotatable bonds is 15. The van der Waals surface area contributed by atoms with Gasteiger partial charge in [-0.25, -0.2) is 14.4 Å². The summed E-state index contributed by atoms with van der Waals surface area (Å²) in [6, 6.07) is 13.6. The summed E-state index contributed by atoms with van der Waals surface area (Å²) >= 11 is 0. The summed E-state index contributed by atoms with van der Waals surface area (Å²) < 4.78 is 15.9. The maximum Gasteiger partial charge on any atom is 0.408 e. The van der Waals surface area contributed by atoms with Crippen LogP contribution >= 0.6 is 0 Å². The molecule has 3 amide bonds. The van der Waals surface area contributed by atoms with Crippen LogP contribution in [0.15, 0.2) is 79.4 Å². The van der Waals surface area contributed by atoms with Crippen LogP contribution < -0.4 is 16.0 Å². The summed E-state index contributed by atoms with van der Waals surface area (Å²) in [7, 11) is 0. The van der Waals surface area contributed by atoms with Gasteiger partial charge in [-0.3, -0.25) is 9.59 Å². The molecule has 0 saturated heterocycles. The van der Waals surface area contributed by atoms with Gasteiger partial charge < -0.3 is 30.2 Å². The third-order valence-electron chi connectivity index (χ3n) is 7.55. The predicted octanol–water partition coefficient (Wildman–Crippen LogP) is 4.34. The van der Waals surface area contributed by atoms with E-state index in [0.717, 1.165) is 16.7 Å². The van der Waals surface area contributed by atoms with Gasteiger partial charge in [-0.05, 0) is 68.6 Å². The number of benzene rings is 2. The molecule has 3 rings (SSSR count). The van der Waals surface area contributed by atoms with E-state index in [1.54, 1.807) is 46.8 Å². The van der Waals surface area contributed by atoms with Crippen molar-refractivity contribution in [2.45, 2.75) is 84.2 Å². The topological polar surface area (TPSA) is 149 Å². The molecule has 3 atom stereocenters. The minimum Gasteiger partial charge on any atom is -0.460 e. The van der Waals surface area contributed by atoms with E-state index in [1.807, 2.05) is 42.5 Å². The molecule has 3 N–H and O–H groups in total. The molecule has 11 heteroatoms. The van der Waals surface area contributed by atoms with Crippen molar-refractivity contribution in [1.29, 1.82) is 0 Å². The fourth-order valence-electron chi connectivity index (χ4n) is 5.23. The van der Waals surface area contributed by atoms with Gasteiger partial charge in [0, 0.05) is 6.08 Å². The van der Waals surface area contributed by atoms with Gasteiger partial charge in [0.2, 0.25) is 11.8 Å². The molecule has 0 fully saturated rings. The third-order valence-corrected chi connectivity index (χ3v) is 7.55. The van der Waals surface area contributed by atoms with Crippen LogP contribution in [-0.2, 0) is 52.8 Å². The zero-order valence-corrected chi connectivity index (χ0v) is 28.3. The van der Waals surface area contributed by atoms with E-state index in [-0.39, 0.29) is 31.5 Å². The van der Waals surface area contributed by atoms with Crippen molar-refractivity contribution >= 4 is 29.8 Å². The number of hydrogen-bond acceptors (Lipinski definition) is 8. The Balaban J connectivity index is 1.84. The van der Waals surface area contributed by atoms with Gasteiger partial charge in [-0.1, -0.05) is 87.2 Å². The Morgan fingerprint density at radius 2 is 1.50 bits per heavy atom. The monoisotopic (exact) mass is 661 g/mol. The molecular formula is C37H47N3O8. The summed E-state index contributed by atoms with van der Waals surface area (Å²) in [6.45, 7) is 12.3. The number of ether oxygens (including phenoxy) is 3. The molecule has 0 aliphatic heterocycles. The highest BCUT2D eigenvalue weighted by atomic mass is 16.6. The quantitative estimate of drug-likeness (QED) is 0.111. The van der Waals surface area contributed by atoms with Crippen molar-refractivity contribution in [2.75, 3.05) is 6.61 Å². The second kappa shape index (κ2) is 17.8. The van der Waals surface area contributed by atoms with Crippen LogP contribution in [0, 0.1) is 11.8 Å². The first-order valence-corrected chi connectivity index (χ1v) is 16.1. The van der Waals surface area contributed by atoms with Crippen molar-refractivity contribution < 1.29 is 38.2 Å². The highest BCUT2D eigenvalue weighted by Gasteiger charge is 2.38. The third kappa shape index (κ3) is 12.0. The van der Waals surface area contributed by atoms with Gasteiger partial charge >= 0.3 is 18.0 Å². The molecule has 0 saturated carbocycles. The Labute approximate surface area is 282 Å². The molecule has 0 radical (unpaired) electrons. The second-order valence-electron chi connectivity index (χ2n) is 13.0. The summed E-state index contributed by atoms with van der Waals surface area (Å²) in [5.41, 5.74) is 2.14. The lowest BCUT2D eigenvalue weighted by Gasteiger charge is -2.29. The Hall–Kier alpha value is -4.93. The van der Waals surface area contributed by atoms with Crippen LogP contribution in [0.25, 0.3) is 0 Å². The number of hydrogen-bond donors (Lipinski definition) is 3. The lowest BCUT2D eigenvalue weighted by molar-refractivity contribution is -0.149. The van der Waals surface area contributed by atoms with Crippen LogP contribution in [0.2, 0.25) is 0 Å². The van der Waals surface area contributed by atoms with Crippen LogP contribution in [-0.4, -0.2) is 60.2 Å². The maximum absolute atomic E-state index is 13.9. The van der Waals surface area contributed by atoms with Gasteiger partial charge in [-0.2, -0.15) is 0 Å². The molecule has 2 aromatic rings. The van der Waals surface area contributed by atoms with Crippen molar-refractivity contribution in [1.82, 2.24) is 16.0 Å². The number of amides is 3. The molecule has 1 aliphatic rings. The first-order chi connectivity index (χ1) is 22.8. The molecule has 258 valence electrons. The normalized spacial score (nSPS) is 14.7. The highest BCUT2D eigenvalue weighted by Crippen LogP contribution is 2.29. The number of nitrogens with one attached hydrogen (secondary N) is 3. The number of alkyl carbamates (subject to hydrolysis) is 1. The van der Waals surface area contributed by atoms with Crippen LogP contribution in [0.5, 0.6) is 0 Å². The fraction of sp³-hybridized carbons (Fsp3) is 0.432. The predicted molar refractivity (Wildman–Crippen MR) is 180 cm³/mol. The highest BCUT2D eigenvalue weighted by molar-refractivity contribution is 5.93. The van der Waals surface area contributed by atoms with Crippen molar-refractivity contribution in [3.05, 3.63) is 96.1 Å². The Kier molecular flexibility index (Phi) is 13.9. The molecule has 1 aliphatic carbocycles. The van der Waals surface area contributed by atoms with Gasteiger partial charge in [0.25, 0.3) is 0 Å². The first-order valence-electron chi connectivity index (χ1n) is 16.1. The standard InChI is InChI=1S/C37H47N3O8/c1-7-20-46-35(44)31(24(2)3)39-34(43)32(28-21-26-16-11-12-17-27(26)22-28)40-33(42)29(18-13-19-30(41)48-37(4,5)6)38-36(45)47-23-25-14-9-8-10-15-25/h7-17,19,24,28-29,31-32H,1,18,20-23H2,2-6H3,(H,38,45)(H,39,43)(H,40,42)/b19-13+/t29-,31?,32-/m0/s1. The van der Waals surface area contributed by atoms with E-state index in [0.29, 0.717) is 12.8 Å². The van der Waals surface area contributed by atoms with Crippen molar-refractivity contribution in [3.63, 3.8) is 0 Å². The molecule has 2 aromatic carbocycles. The Morgan fingerprint density at radius 3 is 2.08 bits per heavy atom. The van der Waals surface area contributed by atoms with E-state index in [4.69, 9.17) is 14.2 Å². The van der Waals surface area contributed by atoms with Crippen molar-refractivity contribution in [2.24, 2.45) is 11.8 Å². The Morgan fingerprint density at radius 1 is 0.875 bits per heavy atom. The van der Waals surface area contributed by atoms with Gasteiger partial charge in [-0.15, -0.1) is 0 Å². The van der Waals surface area contributed by atoms with E-state index in [1.165, 1.54) is 18.2 Å². The smallest absolute Gasteiger partial charge is 0.408 e. The average molecular weight is 662 g/mol. The van der Waals surface area contributed by atoms with E-state index < -0.39 is 53.6 Å². The average Bonchev–Trinajstić information content (AvgIpc) is 3.46. The van der Waals surface area contributed by atoms with Gasteiger partial charge in [0.1, 0.15) is 36.9 Å². The minimum atomic E-state index is -1.22. The largest absolute Gasteiger partial charge is 0.460 e. The van der Waals surface area contributed by atoms with Crippen LogP contribution in [0.1, 0.15) is 57.7 Å². The molecule has 1 unspecified atom stereocenters. The molecule has 48 heavy (non-hydrogen) atoms. The van der Waals surface area contributed by atoms with Gasteiger partial charge in [0.15, 0.2) is 0 Å². The lowest BCUT2D eigenvalue weighted by atomic mass is 9.94. The zero-order valence-electron chi connectivity index (χ0n) is 28.3. The summed E-state index contributed by atoms with van der Waals surface area (Å²) in [4.78, 5) is 65.7. The number of fused-ring (bicyclic) bond motifs is 1. The number of esters is 2. The SMILES string of the molecule is C=CCOC(=O)C(NC(=O)[C@@H](NC(=O)[C@H](C/C=C/C(=O)OC(C)(C)C)NC(=O)OCc1ccccc1)C1Cc2ccccc2C1)C(C)C. The van der Waals surface area contributed by atoms with E-state index in [2.05, 4.69) is 22.5 Å². The molecular weight excluding hydrogens is 614 g/mol. The molecule has 0 heterocycles. The maximum atomic E-state index is 13.9. The lowest BCUT2D eigenvalue weighted by Crippen LogP contribution is -2.59. The molecule has 0 aromatic heterocycles. The summed E-state index contributed by atoms with van der Waals surface area (Å²) in [6.07, 6.45) is 4.10. The molecule has 0 spiro atoms. The molecule has 0 bridgehead atoms.